The summed E-state index contributed by atoms with van der Waals surface area (Å²) in [4.78, 5) is 0. The van der Waals surface area contributed by atoms with Gasteiger partial charge in [-0.15, -0.1) is 0 Å². The van der Waals surface area contributed by atoms with Crippen molar-refractivity contribution in [1.29, 1.82) is 0 Å². The van der Waals surface area contributed by atoms with Crippen LogP contribution in [0, 0.1) is 5.82 Å². The van der Waals surface area contributed by atoms with Crippen LogP contribution in [0.3, 0.4) is 0 Å². The molecule has 0 spiro atoms. The zero-order chi connectivity index (χ0) is 12.0. The second kappa shape index (κ2) is 6.84. The van der Waals surface area contributed by atoms with Gasteiger partial charge in [0.25, 0.3) is 0 Å². The highest BCUT2D eigenvalue weighted by molar-refractivity contribution is 6.30. The number of hydrogen-bond donors (Lipinski definition) is 1. The second-order valence-electron chi connectivity index (χ2n) is 3.90. The number of hydrogen-bond acceptors (Lipinski definition) is 2. The SMILES string of the molecule is CC(C)NCCOCc1ccc(Cl)cc1F. The van der Waals surface area contributed by atoms with Crippen molar-refractivity contribution in [3.8, 4) is 0 Å². The summed E-state index contributed by atoms with van der Waals surface area (Å²) in [5, 5.41) is 3.62. The molecule has 0 fully saturated rings. The van der Waals surface area contributed by atoms with Crippen molar-refractivity contribution in [3.63, 3.8) is 0 Å². The maximum absolute atomic E-state index is 13.3. The Balaban J connectivity index is 2.27. The molecule has 90 valence electrons. The summed E-state index contributed by atoms with van der Waals surface area (Å²) < 4.78 is 18.7. The van der Waals surface area contributed by atoms with Crippen LogP contribution >= 0.6 is 11.6 Å². The van der Waals surface area contributed by atoms with Crippen LogP contribution in [-0.4, -0.2) is 19.2 Å². The number of nitrogens with one attached hydrogen (secondary N) is 1. The molecule has 1 N–H and O–H groups in total. The maximum atomic E-state index is 13.3. The Morgan fingerprint density at radius 2 is 2.19 bits per heavy atom. The third-order valence-electron chi connectivity index (χ3n) is 2.07. The van der Waals surface area contributed by atoms with Crippen molar-refractivity contribution in [1.82, 2.24) is 5.32 Å². The Kier molecular flexibility index (Phi) is 5.74. The summed E-state index contributed by atoms with van der Waals surface area (Å²) in [6.45, 7) is 5.76. The van der Waals surface area contributed by atoms with Crippen LogP contribution in [-0.2, 0) is 11.3 Å². The topological polar surface area (TPSA) is 21.3 Å². The summed E-state index contributed by atoms with van der Waals surface area (Å²) in [7, 11) is 0. The van der Waals surface area contributed by atoms with Gasteiger partial charge in [-0.2, -0.15) is 0 Å². The Morgan fingerprint density at radius 3 is 2.81 bits per heavy atom. The molecule has 1 aromatic rings. The lowest BCUT2D eigenvalue weighted by molar-refractivity contribution is 0.119. The van der Waals surface area contributed by atoms with Gasteiger partial charge < -0.3 is 10.1 Å². The Labute approximate surface area is 101 Å². The molecule has 0 aliphatic heterocycles. The molecule has 0 bridgehead atoms. The molecule has 1 rings (SSSR count). The minimum atomic E-state index is -0.315. The van der Waals surface area contributed by atoms with Crippen LogP contribution in [0.4, 0.5) is 4.39 Å². The van der Waals surface area contributed by atoms with Gasteiger partial charge in [-0.25, -0.2) is 4.39 Å². The molecule has 0 aliphatic rings. The van der Waals surface area contributed by atoms with Crippen LogP contribution < -0.4 is 5.32 Å². The van der Waals surface area contributed by atoms with Crippen molar-refractivity contribution in [2.75, 3.05) is 13.2 Å². The molecule has 0 aliphatic carbocycles. The first-order chi connectivity index (χ1) is 7.59. The first-order valence-electron chi connectivity index (χ1n) is 5.34. The highest BCUT2D eigenvalue weighted by Gasteiger charge is 2.02. The van der Waals surface area contributed by atoms with Gasteiger partial charge in [0.1, 0.15) is 5.82 Å². The van der Waals surface area contributed by atoms with E-state index in [1.807, 2.05) is 0 Å². The molecular weight excluding hydrogens is 229 g/mol. The van der Waals surface area contributed by atoms with Crippen molar-refractivity contribution < 1.29 is 9.13 Å². The van der Waals surface area contributed by atoms with E-state index in [1.54, 1.807) is 12.1 Å². The summed E-state index contributed by atoms with van der Waals surface area (Å²) in [5.41, 5.74) is 0.536. The number of ether oxygens (including phenoxy) is 1. The fourth-order valence-corrected chi connectivity index (χ4v) is 1.40. The third kappa shape index (κ3) is 4.92. The van der Waals surface area contributed by atoms with Gasteiger partial charge in [0, 0.05) is 23.2 Å². The zero-order valence-electron chi connectivity index (χ0n) is 9.59. The van der Waals surface area contributed by atoms with Gasteiger partial charge in [0.2, 0.25) is 0 Å². The van der Waals surface area contributed by atoms with Gasteiger partial charge in [0.05, 0.1) is 13.2 Å². The number of rotatable bonds is 6. The van der Waals surface area contributed by atoms with E-state index in [2.05, 4.69) is 19.2 Å². The molecule has 16 heavy (non-hydrogen) atoms. The van der Waals surface area contributed by atoms with Crippen LogP contribution in [0.25, 0.3) is 0 Å². The molecule has 1 aromatic carbocycles. The van der Waals surface area contributed by atoms with E-state index in [4.69, 9.17) is 16.3 Å². The first kappa shape index (κ1) is 13.4. The fourth-order valence-electron chi connectivity index (χ4n) is 1.24. The van der Waals surface area contributed by atoms with Crippen molar-refractivity contribution in [3.05, 3.63) is 34.6 Å². The fraction of sp³-hybridized carbons (Fsp3) is 0.500. The van der Waals surface area contributed by atoms with Crippen molar-refractivity contribution in [2.24, 2.45) is 0 Å². The Hall–Kier alpha value is -0.640. The summed E-state index contributed by atoms with van der Waals surface area (Å²) in [6.07, 6.45) is 0. The van der Waals surface area contributed by atoms with E-state index in [9.17, 15) is 4.39 Å². The van der Waals surface area contributed by atoms with E-state index in [1.165, 1.54) is 6.07 Å². The van der Waals surface area contributed by atoms with Gasteiger partial charge in [0.15, 0.2) is 0 Å². The van der Waals surface area contributed by atoms with Gasteiger partial charge in [-0.3, -0.25) is 0 Å². The standard InChI is InChI=1S/C12H17ClFNO/c1-9(2)15-5-6-16-8-10-3-4-11(13)7-12(10)14/h3-4,7,9,15H,5-6,8H2,1-2H3. The lowest BCUT2D eigenvalue weighted by Crippen LogP contribution is -2.26. The monoisotopic (exact) mass is 245 g/mol. The molecule has 0 amide bonds. The first-order valence-corrected chi connectivity index (χ1v) is 5.72. The summed E-state index contributed by atoms with van der Waals surface area (Å²) in [5.74, 6) is -0.315. The number of benzene rings is 1. The van der Waals surface area contributed by atoms with E-state index < -0.39 is 0 Å². The van der Waals surface area contributed by atoms with Crippen LogP contribution in [0.15, 0.2) is 18.2 Å². The quantitative estimate of drug-likeness (QED) is 0.778. The third-order valence-corrected chi connectivity index (χ3v) is 2.31. The van der Waals surface area contributed by atoms with Crippen molar-refractivity contribution in [2.45, 2.75) is 26.5 Å². The Bertz CT molecular complexity index is 331. The zero-order valence-corrected chi connectivity index (χ0v) is 10.4. The highest BCUT2D eigenvalue weighted by atomic mass is 35.5. The van der Waals surface area contributed by atoms with Gasteiger partial charge in [-0.05, 0) is 12.1 Å². The summed E-state index contributed by atoms with van der Waals surface area (Å²) in [6, 6.07) is 5.05. The predicted octanol–water partition coefficient (Wildman–Crippen LogP) is 2.99. The van der Waals surface area contributed by atoms with Gasteiger partial charge in [-0.1, -0.05) is 31.5 Å². The molecule has 0 atom stereocenters. The molecule has 0 saturated carbocycles. The van der Waals surface area contributed by atoms with Crippen LogP contribution in [0.2, 0.25) is 5.02 Å². The Morgan fingerprint density at radius 1 is 1.44 bits per heavy atom. The van der Waals surface area contributed by atoms with E-state index in [0.29, 0.717) is 23.2 Å². The molecule has 4 heteroatoms. The smallest absolute Gasteiger partial charge is 0.130 e. The van der Waals surface area contributed by atoms with Crippen molar-refractivity contribution >= 4 is 11.6 Å². The van der Waals surface area contributed by atoms with E-state index in [-0.39, 0.29) is 12.4 Å². The second-order valence-corrected chi connectivity index (χ2v) is 4.33. The molecule has 2 nitrogen and oxygen atoms in total. The molecule has 0 radical (unpaired) electrons. The van der Waals surface area contributed by atoms with Crippen LogP contribution in [0.5, 0.6) is 0 Å². The minimum Gasteiger partial charge on any atom is -0.375 e. The van der Waals surface area contributed by atoms with E-state index >= 15 is 0 Å². The highest BCUT2D eigenvalue weighted by Crippen LogP contribution is 2.15. The predicted molar refractivity (Wildman–Crippen MR) is 64.2 cm³/mol. The average molecular weight is 246 g/mol. The molecule has 0 heterocycles. The molecule has 0 saturated heterocycles. The molecule has 0 unspecified atom stereocenters. The summed E-state index contributed by atoms with van der Waals surface area (Å²) >= 11 is 5.64. The number of halogens is 2. The molecular formula is C12H17ClFNO. The lowest BCUT2D eigenvalue weighted by Gasteiger charge is -2.09. The maximum Gasteiger partial charge on any atom is 0.130 e. The van der Waals surface area contributed by atoms with Gasteiger partial charge >= 0.3 is 0 Å². The van der Waals surface area contributed by atoms with E-state index in [0.717, 1.165) is 6.54 Å². The largest absolute Gasteiger partial charge is 0.375 e. The average Bonchev–Trinajstić information content (AvgIpc) is 2.20. The normalized spacial score (nSPS) is 11.1. The van der Waals surface area contributed by atoms with Crippen LogP contribution in [0.1, 0.15) is 19.4 Å². The minimum absolute atomic E-state index is 0.281. The molecule has 0 aromatic heterocycles. The lowest BCUT2D eigenvalue weighted by atomic mass is 10.2.